The minimum absolute atomic E-state index is 0.481. The van der Waals surface area contributed by atoms with E-state index in [1.165, 1.54) is 25.9 Å². The van der Waals surface area contributed by atoms with Gasteiger partial charge in [0, 0.05) is 32.2 Å². The highest BCUT2D eigenvalue weighted by atomic mass is 16.4. The van der Waals surface area contributed by atoms with Crippen LogP contribution in [0.4, 0.5) is 4.79 Å². The van der Waals surface area contributed by atoms with E-state index in [1.54, 1.807) is 4.90 Å². The highest BCUT2D eigenvalue weighted by Gasteiger charge is 2.49. The van der Waals surface area contributed by atoms with Gasteiger partial charge in [0.05, 0.1) is 0 Å². The van der Waals surface area contributed by atoms with Crippen LogP contribution >= 0.6 is 0 Å². The second-order valence-electron chi connectivity index (χ2n) is 5.41. The van der Waals surface area contributed by atoms with Gasteiger partial charge >= 0.3 is 6.09 Å². The smallest absolute Gasteiger partial charge is 0.407 e. The van der Waals surface area contributed by atoms with E-state index in [-0.39, 0.29) is 0 Å². The average molecular weight is 210 g/mol. The maximum atomic E-state index is 10.8. The minimum atomic E-state index is -0.747. The van der Waals surface area contributed by atoms with Gasteiger partial charge < -0.3 is 10.0 Å². The Kier molecular flexibility index (Phi) is 1.96. The summed E-state index contributed by atoms with van der Waals surface area (Å²) < 4.78 is 0. The lowest BCUT2D eigenvalue weighted by molar-refractivity contribution is -0.0473. The first-order valence-electron chi connectivity index (χ1n) is 5.91. The van der Waals surface area contributed by atoms with E-state index in [0.29, 0.717) is 5.41 Å². The van der Waals surface area contributed by atoms with Crippen LogP contribution in [0.5, 0.6) is 0 Å². The van der Waals surface area contributed by atoms with Gasteiger partial charge in [0.2, 0.25) is 0 Å². The maximum Gasteiger partial charge on any atom is 0.407 e. The van der Waals surface area contributed by atoms with Gasteiger partial charge in [-0.3, -0.25) is 4.90 Å². The van der Waals surface area contributed by atoms with E-state index in [0.717, 1.165) is 32.0 Å². The first-order valence-corrected chi connectivity index (χ1v) is 5.91. The standard InChI is InChI=1S/C11H18N2O2/c14-10(15)12-5-3-11(4-6-12)7-13(8-11)9-1-2-9/h9H,1-8H2,(H,14,15). The summed E-state index contributed by atoms with van der Waals surface area (Å²) in [5, 5.41) is 8.86. The summed E-state index contributed by atoms with van der Waals surface area (Å²) in [6, 6.07) is 0.883. The maximum absolute atomic E-state index is 10.8. The molecule has 2 heterocycles. The third kappa shape index (κ3) is 1.61. The number of carbonyl (C=O) groups is 1. The van der Waals surface area contributed by atoms with E-state index in [2.05, 4.69) is 4.90 Å². The zero-order chi connectivity index (χ0) is 10.5. The third-order valence-electron chi connectivity index (χ3n) is 4.23. The Morgan fingerprint density at radius 2 is 1.80 bits per heavy atom. The molecule has 0 bridgehead atoms. The molecular weight excluding hydrogens is 192 g/mol. The van der Waals surface area contributed by atoms with Crippen molar-refractivity contribution in [1.82, 2.24) is 9.80 Å². The number of amides is 1. The van der Waals surface area contributed by atoms with Crippen LogP contribution in [0.1, 0.15) is 25.7 Å². The first-order chi connectivity index (χ1) is 7.19. The Hall–Kier alpha value is -0.770. The van der Waals surface area contributed by atoms with Crippen molar-refractivity contribution in [3.63, 3.8) is 0 Å². The zero-order valence-electron chi connectivity index (χ0n) is 8.98. The van der Waals surface area contributed by atoms with Crippen molar-refractivity contribution in [3.8, 4) is 0 Å². The van der Waals surface area contributed by atoms with Crippen LogP contribution < -0.4 is 0 Å². The van der Waals surface area contributed by atoms with Gasteiger partial charge in [-0.05, 0) is 31.1 Å². The van der Waals surface area contributed by atoms with Gasteiger partial charge in [-0.25, -0.2) is 4.79 Å². The van der Waals surface area contributed by atoms with Gasteiger partial charge in [-0.2, -0.15) is 0 Å². The quantitative estimate of drug-likeness (QED) is 0.707. The summed E-state index contributed by atoms with van der Waals surface area (Å²) in [5.41, 5.74) is 0.481. The summed E-state index contributed by atoms with van der Waals surface area (Å²) in [5.74, 6) is 0. The fourth-order valence-corrected chi connectivity index (χ4v) is 3.00. The lowest BCUT2D eigenvalue weighted by Crippen LogP contribution is -2.61. The molecule has 84 valence electrons. The predicted molar refractivity (Wildman–Crippen MR) is 55.9 cm³/mol. The molecule has 2 saturated heterocycles. The van der Waals surface area contributed by atoms with Crippen molar-refractivity contribution in [2.75, 3.05) is 26.2 Å². The van der Waals surface area contributed by atoms with Crippen LogP contribution in [0.15, 0.2) is 0 Å². The molecule has 3 fully saturated rings. The monoisotopic (exact) mass is 210 g/mol. The van der Waals surface area contributed by atoms with Crippen LogP contribution in [0, 0.1) is 5.41 Å². The Balaban J connectivity index is 1.52. The molecule has 0 aromatic rings. The molecule has 2 aliphatic heterocycles. The highest BCUT2D eigenvalue weighted by Crippen LogP contribution is 2.45. The molecule has 0 radical (unpaired) electrons. The van der Waals surface area contributed by atoms with Gasteiger partial charge in [0.1, 0.15) is 0 Å². The number of hydrogen-bond donors (Lipinski definition) is 1. The molecule has 0 unspecified atom stereocenters. The first kappa shape index (κ1) is 9.46. The van der Waals surface area contributed by atoms with Crippen molar-refractivity contribution in [2.24, 2.45) is 5.41 Å². The number of hydrogen-bond acceptors (Lipinski definition) is 2. The molecule has 0 aromatic carbocycles. The van der Waals surface area contributed by atoms with E-state index in [4.69, 9.17) is 5.11 Å². The SMILES string of the molecule is O=C(O)N1CCC2(CC1)CN(C1CC1)C2. The molecule has 4 heteroatoms. The topological polar surface area (TPSA) is 43.8 Å². The molecule has 0 aromatic heterocycles. The molecule has 3 rings (SSSR count). The Morgan fingerprint density at radius 1 is 1.20 bits per heavy atom. The van der Waals surface area contributed by atoms with Crippen molar-refractivity contribution in [2.45, 2.75) is 31.7 Å². The van der Waals surface area contributed by atoms with Crippen molar-refractivity contribution in [3.05, 3.63) is 0 Å². The van der Waals surface area contributed by atoms with Crippen LogP contribution in [-0.2, 0) is 0 Å². The third-order valence-corrected chi connectivity index (χ3v) is 4.23. The van der Waals surface area contributed by atoms with Crippen molar-refractivity contribution >= 4 is 6.09 Å². The number of nitrogens with zero attached hydrogens (tertiary/aromatic N) is 2. The minimum Gasteiger partial charge on any atom is -0.465 e. The second-order valence-corrected chi connectivity index (χ2v) is 5.41. The molecule has 1 spiro atoms. The van der Waals surface area contributed by atoms with Gasteiger partial charge in [-0.1, -0.05) is 0 Å². The van der Waals surface area contributed by atoms with Crippen molar-refractivity contribution < 1.29 is 9.90 Å². The largest absolute Gasteiger partial charge is 0.465 e. The van der Waals surface area contributed by atoms with Gasteiger partial charge in [-0.15, -0.1) is 0 Å². The van der Waals surface area contributed by atoms with Gasteiger partial charge in [0.25, 0.3) is 0 Å². The van der Waals surface area contributed by atoms with Crippen LogP contribution in [0.25, 0.3) is 0 Å². The summed E-state index contributed by atoms with van der Waals surface area (Å²) in [6.07, 6.45) is 4.17. The van der Waals surface area contributed by atoms with E-state index >= 15 is 0 Å². The molecular formula is C11H18N2O2. The summed E-state index contributed by atoms with van der Waals surface area (Å²) in [4.78, 5) is 14.9. The summed E-state index contributed by atoms with van der Waals surface area (Å²) in [6.45, 7) is 3.94. The van der Waals surface area contributed by atoms with Crippen LogP contribution in [0.2, 0.25) is 0 Å². The number of piperidine rings is 1. The fraction of sp³-hybridized carbons (Fsp3) is 0.909. The van der Waals surface area contributed by atoms with E-state index < -0.39 is 6.09 Å². The van der Waals surface area contributed by atoms with Crippen molar-refractivity contribution in [1.29, 1.82) is 0 Å². The van der Waals surface area contributed by atoms with Crippen LogP contribution in [-0.4, -0.2) is 53.2 Å². The average Bonchev–Trinajstić information content (AvgIpc) is 2.97. The normalized spacial score (nSPS) is 30.3. The molecule has 3 aliphatic rings. The summed E-state index contributed by atoms with van der Waals surface area (Å²) in [7, 11) is 0. The molecule has 4 nitrogen and oxygen atoms in total. The number of rotatable bonds is 1. The Bertz CT molecular complexity index is 272. The van der Waals surface area contributed by atoms with Gasteiger partial charge in [0.15, 0.2) is 0 Å². The zero-order valence-corrected chi connectivity index (χ0v) is 8.98. The lowest BCUT2D eigenvalue weighted by atomic mass is 9.72. The molecule has 1 saturated carbocycles. The molecule has 1 amide bonds. The second kappa shape index (κ2) is 3.11. The summed E-state index contributed by atoms with van der Waals surface area (Å²) >= 11 is 0. The van der Waals surface area contributed by atoms with Crippen LogP contribution in [0.3, 0.4) is 0 Å². The molecule has 1 aliphatic carbocycles. The molecule has 1 N–H and O–H groups in total. The Labute approximate surface area is 89.8 Å². The van der Waals surface area contributed by atoms with E-state index in [1.807, 2.05) is 0 Å². The molecule has 0 atom stereocenters. The Morgan fingerprint density at radius 3 is 2.27 bits per heavy atom. The number of likely N-dealkylation sites (tertiary alicyclic amines) is 2. The lowest BCUT2D eigenvalue weighted by Gasteiger charge is -2.54. The fourth-order valence-electron chi connectivity index (χ4n) is 3.00. The van der Waals surface area contributed by atoms with E-state index in [9.17, 15) is 4.79 Å². The number of carboxylic acid groups (broad SMARTS) is 1. The molecule has 15 heavy (non-hydrogen) atoms. The predicted octanol–water partition coefficient (Wildman–Crippen LogP) is 1.22. The highest BCUT2D eigenvalue weighted by molar-refractivity contribution is 5.65.